The summed E-state index contributed by atoms with van der Waals surface area (Å²) in [7, 11) is 0. The van der Waals surface area contributed by atoms with Crippen LogP contribution < -0.4 is 5.56 Å². The van der Waals surface area contributed by atoms with E-state index in [0.717, 1.165) is 18.0 Å². The van der Waals surface area contributed by atoms with Gasteiger partial charge in [0.15, 0.2) is 10.7 Å². The van der Waals surface area contributed by atoms with E-state index in [1.807, 2.05) is 0 Å². The molecule has 0 aromatic carbocycles. The van der Waals surface area contributed by atoms with E-state index in [1.165, 1.54) is 15.7 Å². The zero-order valence-corrected chi connectivity index (χ0v) is 11.8. The quantitative estimate of drug-likeness (QED) is 0.821. The van der Waals surface area contributed by atoms with Gasteiger partial charge in [0.05, 0.1) is 13.2 Å². The number of ether oxygens (including phenoxy) is 1. The zero-order valence-electron chi connectivity index (χ0n) is 11.0. The van der Waals surface area contributed by atoms with Crippen molar-refractivity contribution in [2.75, 3.05) is 26.3 Å². The largest absolute Gasteiger partial charge is 0.501 e. The third-order valence-corrected chi connectivity index (χ3v) is 4.21. The van der Waals surface area contributed by atoms with Crippen LogP contribution in [-0.2, 0) is 11.3 Å². The minimum Gasteiger partial charge on any atom is -0.501 e. The fourth-order valence-electron chi connectivity index (χ4n) is 2.18. The Bertz CT molecular complexity index is 747. The number of thiazole rings is 1. The second kappa shape index (κ2) is 5.43. The summed E-state index contributed by atoms with van der Waals surface area (Å²) >= 11 is 1.24. The number of rotatable bonds is 3. The molecule has 2 aromatic heterocycles. The summed E-state index contributed by atoms with van der Waals surface area (Å²) in [6, 6.07) is 0. The summed E-state index contributed by atoms with van der Waals surface area (Å²) in [6.07, 6.45) is 1.59. The normalized spacial score (nSPS) is 16.4. The molecule has 2 aromatic rings. The molecule has 0 radical (unpaired) electrons. The zero-order chi connectivity index (χ0) is 15.0. The number of carbonyl (C=O) groups is 1. The predicted octanol–water partition coefficient (Wildman–Crippen LogP) is -0.00800. The summed E-state index contributed by atoms with van der Waals surface area (Å²) in [4.78, 5) is 30.1. The summed E-state index contributed by atoms with van der Waals surface area (Å²) in [5.74, 6) is -2.26. The average molecular weight is 311 g/mol. The fourth-order valence-corrected chi connectivity index (χ4v) is 3.19. The monoisotopic (exact) mass is 311 g/mol. The van der Waals surface area contributed by atoms with Crippen molar-refractivity contribution < 1.29 is 19.7 Å². The van der Waals surface area contributed by atoms with Crippen LogP contribution in [-0.4, -0.2) is 56.8 Å². The first-order valence-corrected chi connectivity index (χ1v) is 7.15. The van der Waals surface area contributed by atoms with E-state index >= 15 is 0 Å². The molecule has 1 saturated heterocycles. The molecule has 8 nitrogen and oxygen atoms in total. The maximum absolute atomic E-state index is 11.9. The number of aromatic carboxylic acids is 1. The van der Waals surface area contributed by atoms with Crippen LogP contribution >= 0.6 is 11.3 Å². The Morgan fingerprint density at radius 1 is 1.43 bits per heavy atom. The predicted molar refractivity (Wildman–Crippen MR) is 74.1 cm³/mol. The Morgan fingerprint density at radius 2 is 2.14 bits per heavy atom. The lowest BCUT2D eigenvalue weighted by molar-refractivity contribution is 0.0346. The molecule has 112 valence electrons. The molecule has 1 fully saturated rings. The smallest absolute Gasteiger partial charge is 0.358 e. The number of morpholine rings is 1. The third kappa shape index (κ3) is 2.62. The number of carboxylic acid groups (broad SMARTS) is 1. The maximum atomic E-state index is 11.9. The number of carboxylic acids is 1. The molecule has 1 aliphatic rings. The number of hydrogen-bond acceptors (Lipinski definition) is 7. The highest BCUT2D eigenvalue weighted by atomic mass is 32.1. The molecule has 0 saturated carbocycles. The van der Waals surface area contributed by atoms with Gasteiger partial charge >= 0.3 is 11.5 Å². The Labute approximate surface area is 122 Å². The second-order valence-corrected chi connectivity index (χ2v) is 5.75. The van der Waals surface area contributed by atoms with E-state index in [4.69, 9.17) is 9.84 Å². The van der Waals surface area contributed by atoms with Gasteiger partial charge in [-0.1, -0.05) is 11.3 Å². The molecular formula is C12H13N3O5S. The number of hydrogen-bond donors (Lipinski definition) is 2. The van der Waals surface area contributed by atoms with Crippen molar-refractivity contribution in [3.63, 3.8) is 0 Å². The van der Waals surface area contributed by atoms with Crippen molar-refractivity contribution in [3.05, 3.63) is 27.1 Å². The number of nitrogens with zero attached hydrogens (tertiary/aromatic N) is 3. The summed E-state index contributed by atoms with van der Waals surface area (Å²) < 4.78 is 6.45. The first-order chi connectivity index (χ1) is 10.1. The SMILES string of the molecule is O=C(O)c1nc2sc(CN3CCOCC3)cn2c(=O)c1O. The van der Waals surface area contributed by atoms with Crippen molar-refractivity contribution in [2.24, 2.45) is 0 Å². The van der Waals surface area contributed by atoms with E-state index in [-0.39, 0.29) is 4.96 Å². The van der Waals surface area contributed by atoms with Gasteiger partial charge in [0.25, 0.3) is 0 Å². The molecule has 2 N–H and O–H groups in total. The van der Waals surface area contributed by atoms with Gasteiger partial charge in [0.2, 0.25) is 5.75 Å². The van der Waals surface area contributed by atoms with Crippen LogP contribution in [0.4, 0.5) is 0 Å². The minimum absolute atomic E-state index is 0.262. The highest BCUT2D eigenvalue weighted by Crippen LogP contribution is 2.20. The molecule has 0 atom stereocenters. The second-order valence-electron chi connectivity index (χ2n) is 4.66. The van der Waals surface area contributed by atoms with Crippen LogP contribution in [0.1, 0.15) is 15.4 Å². The van der Waals surface area contributed by atoms with Gasteiger partial charge in [-0.3, -0.25) is 14.1 Å². The first-order valence-electron chi connectivity index (χ1n) is 6.33. The number of aromatic nitrogens is 2. The van der Waals surface area contributed by atoms with Gasteiger partial charge in [0, 0.05) is 30.7 Å². The van der Waals surface area contributed by atoms with Crippen LogP contribution in [0.2, 0.25) is 0 Å². The van der Waals surface area contributed by atoms with E-state index < -0.39 is 23.0 Å². The van der Waals surface area contributed by atoms with Gasteiger partial charge in [-0.15, -0.1) is 0 Å². The molecule has 3 heterocycles. The van der Waals surface area contributed by atoms with E-state index in [9.17, 15) is 14.7 Å². The molecule has 0 aliphatic carbocycles. The molecular weight excluding hydrogens is 298 g/mol. The van der Waals surface area contributed by atoms with Crippen LogP contribution in [0.25, 0.3) is 4.96 Å². The summed E-state index contributed by atoms with van der Waals surface area (Å²) in [5.41, 5.74) is -1.37. The van der Waals surface area contributed by atoms with Crippen molar-refractivity contribution in [3.8, 4) is 5.75 Å². The standard InChI is InChI=1S/C12H13N3O5S/c16-9-8(11(18)19)13-12-15(10(9)17)6-7(21-12)5-14-1-3-20-4-2-14/h6,16H,1-5H2,(H,18,19). The molecule has 1 aliphatic heterocycles. The molecule has 9 heteroatoms. The van der Waals surface area contributed by atoms with E-state index in [0.29, 0.717) is 19.8 Å². The van der Waals surface area contributed by atoms with Crippen LogP contribution in [0.3, 0.4) is 0 Å². The molecule has 0 unspecified atom stereocenters. The lowest BCUT2D eigenvalue weighted by Gasteiger charge is -2.25. The van der Waals surface area contributed by atoms with E-state index in [1.54, 1.807) is 6.20 Å². The minimum atomic E-state index is -1.42. The first kappa shape index (κ1) is 14.0. The van der Waals surface area contributed by atoms with Crippen molar-refractivity contribution in [1.29, 1.82) is 0 Å². The Kier molecular flexibility index (Phi) is 3.62. The van der Waals surface area contributed by atoms with Gasteiger partial charge in [-0.2, -0.15) is 0 Å². The van der Waals surface area contributed by atoms with E-state index in [2.05, 4.69) is 9.88 Å². The molecule has 0 spiro atoms. The Hall–Kier alpha value is -1.97. The van der Waals surface area contributed by atoms with Crippen molar-refractivity contribution in [2.45, 2.75) is 6.54 Å². The van der Waals surface area contributed by atoms with Crippen LogP contribution in [0, 0.1) is 0 Å². The van der Waals surface area contributed by atoms with Crippen molar-refractivity contribution >= 4 is 22.3 Å². The summed E-state index contributed by atoms with van der Waals surface area (Å²) in [6.45, 7) is 3.60. The molecule has 21 heavy (non-hydrogen) atoms. The Balaban J connectivity index is 1.97. The molecule has 0 bridgehead atoms. The lowest BCUT2D eigenvalue weighted by atomic mass is 10.3. The highest BCUT2D eigenvalue weighted by molar-refractivity contribution is 7.17. The van der Waals surface area contributed by atoms with Gasteiger partial charge in [0.1, 0.15) is 0 Å². The third-order valence-electron chi connectivity index (χ3n) is 3.24. The highest BCUT2D eigenvalue weighted by Gasteiger charge is 2.20. The molecule has 3 rings (SSSR count). The molecule has 0 amide bonds. The topological polar surface area (TPSA) is 104 Å². The van der Waals surface area contributed by atoms with Crippen LogP contribution in [0.5, 0.6) is 5.75 Å². The number of fused-ring (bicyclic) bond motifs is 1. The van der Waals surface area contributed by atoms with Gasteiger partial charge in [-0.25, -0.2) is 9.78 Å². The average Bonchev–Trinajstić information content (AvgIpc) is 2.86. The van der Waals surface area contributed by atoms with Gasteiger partial charge in [-0.05, 0) is 0 Å². The van der Waals surface area contributed by atoms with Crippen molar-refractivity contribution in [1.82, 2.24) is 14.3 Å². The Morgan fingerprint density at radius 3 is 2.81 bits per heavy atom. The lowest BCUT2D eigenvalue weighted by Crippen LogP contribution is -2.35. The number of aromatic hydroxyl groups is 1. The summed E-state index contributed by atoms with van der Waals surface area (Å²) in [5, 5.41) is 18.5. The fraction of sp³-hybridized carbons (Fsp3) is 0.417. The van der Waals surface area contributed by atoms with Crippen LogP contribution in [0.15, 0.2) is 11.0 Å². The maximum Gasteiger partial charge on any atom is 0.358 e. The van der Waals surface area contributed by atoms with Gasteiger partial charge < -0.3 is 14.9 Å².